The van der Waals surface area contributed by atoms with E-state index in [-0.39, 0.29) is 6.04 Å². The van der Waals surface area contributed by atoms with E-state index in [1.807, 2.05) is 18.3 Å². The zero-order valence-corrected chi connectivity index (χ0v) is 13.5. The van der Waals surface area contributed by atoms with Gasteiger partial charge >= 0.3 is 0 Å². The van der Waals surface area contributed by atoms with Gasteiger partial charge in [-0.3, -0.25) is 0 Å². The highest BCUT2D eigenvalue weighted by molar-refractivity contribution is 9.10. The first-order valence-electron chi connectivity index (χ1n) is 7.13. The van der Waals surface area contributed by atoms with Crippen molar-refractivity contribution in [2.45, 2.75) is 25.8 Å². The van der Waals surface area contributed by atoms with Gasteiger partial charge < -0.3 is 14.7 Å². The third-order valence-corrected chi connectivity index (χ3v) is 4.01. The van der Waals surface area contributed by atoms with Crippen LogP contribution in [0.4, 0.5) is 0 Å². The monoisotopic (exact) mass is 347 g/mol. The van der Waals surface area contributed by atoms with Gasteiger partial charge in [0.2, 0.25) is 0 Å². The largest absolute Gasteiger partial charge is 0.459 e. The first kappa shape index (κ1) is 14.4. The zero-order valence-electron chi connectivity index (χ0n) is 11.9. The molecule has 0 amide bonds. The molecular weight excluding hydrogens is 330 g/mol. The number of benzene rings is 1. The molecule has 1 aromatic carbocycles. The van der Waals surface area contributed by atoms with Crippen LogP contribution in [0.3, 0.4) is 0 Å². The number of nitrogens with one attached hydrogen (secondary N) is 2. The Balaban J connectivity index is 1.55. The summed E-state index contributed by atoms with van der Waals surface area (Å²) in [6.45, 7) is 3.06. The fourth-order valence-corrected chi connectivity index (χ4v) is 2.74. The standard InChI is InChI=1S/C16H18BrN3O/c1-11(18-6-2-3-16-19-7-8-20-16)15-10-12-9-13(17)4-5-14(12)21-15/h4-5,7-11,18H,2-3,6H2,1H3,(H,19,20). The average molecular weight is 348 g/mol. The fourth-order valence-electron chi connectivity index (χ4n) is 2.36. The molecule has 0 aliphatic heterocycles. The second-order valence-electron chi connectivity index (χ2n) is 5.15. The number of aryl methyl sites for hydroxylation is 1. The van der Waals surface area contributed by atoms with Gasteiger partial charge in [-0.15, -0.1) is 0 Å². The Morgan fingerprint density at radius 3 is 3.10 bits per heavy atom. The summed E-state index contributed by atoms with van der Waals surface area (Å²) in [6.07, 6.45) is 5.65. The Morgan fingerprint density at radius 2 is 2.29 bits per heavy atom. The first-order chi connectivity index (χ1) is 10.2. The molecule has 4 nitrogen and oxygen atoms in total. The molecule has 2 aromatic heterocycles. The molecule has 0 radical (unpaired) electrons. The lowest BCUT2D eigenvalue weighted by atomic mass is 10.2. The van der Waals surface area contributed by atoms with E-state index in [4.69, 9.17) is 4.42 Å². The summed E-state index contributed by atoms with van der Waals surface area (Å²) in [5.41, 5.74) is 0.928. The fraction of sp³-hybridized carbons (Fsp3) is 0.312. The van der Waals surface area contributed by atoms with Crippen molar-refractivity contribution in [3.8, 4) is 0 Å². The molecule has 3 aromatic rings. The topological polar surface area (TPSA) is 53.9 Å². The maximum Gasteiger partial charge on any atom is 0.134 e. The Kier molecular flexibility index (Phi) is 4.41. The van der Waals surface area contributed by atoms with E-state index in [1.54, 1.807) is 6.20 Å². The van der Waals surface area contributed by atoms with E-state index in [0.29, 0.717) is 0 Å². The molecule has 3 rings (SSSR count). The molecule has 0 spiro atoms. The number of halogens is 1. The maximum absolute atomic E-state index is 5.89. The minimum Gasteiger partial charge on any atom is -0.459 e. The molecule has 2 heterocycles. The first-order valence-corrected chi connectivity index (χ1v) is 7.92. The summed E-state index contributed by atoms with van der Waals surface area (Å²) < 4.78 is 6.96. The molecular formula is C16H18BrN3O. The van der Waals surface area contributed by atoms with E-state index in [1.165, 1.54) is 0 Å². The van der Waals surface area contributed by atoms with E-state index in [9.17, 15) is 0 Å². The van der Waals surface area contributed by atoms with Crippen molar-refractivity contribution in [1.82, 2.24) is 15.3 Å². The Bertz CT molecular complexity index is 705. The molecule has 110 valence electrons. The molecule has 1 atom stereocenters. The van der Waals surface area contributed by atoms with Crippen LogP contribution in [0.1, 0.15) is 31.0 Å². The van der Waals surface area contributed by atoms with Crippen molar-refractivity contribution >= 4 is 26.9 Å². The van der Waals surface area contributed by atoms with Gasteiger partial charge in [-0.2, -0.15) is 0 Å². The van der Waals surface area contributed by atoms with Crippen molar-refractivity contribution in [2.24, 2.45) is 0 Å². The van der Waals surface area contributed by atoms with Gasteiger partial charge in [-0.05, 0) is 44.2 Å². The van der Waals surface area contributed by atoms with Gasteiger partial charge in [-0.1, -0.05) is 15.9 Å². The van der Waals surface area contributed by atoms with Crippen molar-refractivity contribution in [3.05, 3.63) is 52.7 Å². The molecule has 0 aliphatic rings. The van der Waals surface area contributed by atoms with Gasteiger partial charge in [0.15, 0.2) is 0 Å². The van der Waals surface area contributed by atoms with E-state index >= 15 is 0 Å². The number of aromatic amines is 1. The van der Waals surface area contributed by atoms with E-state index < -0.39 is 0 Å². The van der Waals surface area contributed by atoms with Crippen LogP contribution < -0.4 is 5.32 Å². The predicted molar refractivity (Wildman–Crippen MR) is 87.2 cm³/mol. The Labute approximate surface area is 132 Å². The summed E-state index contributed by atoms with van der Waals surface area (Å²) in [6, 6.07) is 8.37. The second-order valence-corrected chi connectivity index (χ2v) is 6.06. The van der Waals surface area contributed by atoms with E-state index in [2.05, 4.69) is 50.3 Å². The van der Waals surface area contributed by atoms with Crippen LogP contribution >= 0.6 is 15.9 Å². The number of hydrogen-bond donors (Lipinski definition) is 2. The lowest BCUT2D eigenvalue weighted by molar-refractivity contribution is 0.448. The number of H-pyrrole nitrogens is 1. The third kappa shape index (κ3) is 3.54. The summed E-state index contributed by atoms with van der Waals surface area (Å²) in [5.74, 6) is 2.01. The number of imidazole rings is 1. The van der Waals surface area contributed by atoms with Gasteiger partial charge in [0.1, 0.15) is 17.2 Å². The highest BCUT2D eigenvalue weighted by atomic mass is 79.9. The lowest BCUT2D eigenvalue weighted by Gasteiger charge is -2.10. The van der Waals surface area contributed by atoms with Crippen molar-refractivity contribution in [2.75, 3.05) is 6.54 Å². The maximum atomic E-state index is 5.89. The minimum absolute atomic E-state index is 0.202. The Hall–Kier alpha value is -1.59. The minimum atomic E-state index is 0.202. The molecule has 0 fully saturated rings. The van der Waals surface area contributed by atoms with Crippen LogP contribution in [0.5, 0.6) is 0 Å². The lowest BCUT2D eigenvalue weighted by Crippen LogP contribution is -2.19. The number of nitrogens with zero attached hydrogens (tertiary/aromatic N) is 1. The highest BCUT2D eigenvalue weighted by Crippen LogP contribution is 2.26. The number of rotatable bonds is 6. The van der Waals surface area contributed by atoms with Gasteiger partial charge in [0.05, 0.1) is 6.04 Å². The number of aromatic nitrogens is 2. The van der Waals surface area contributed by atoms with Crippen LogP contribution in [0.15, 0.2) is 45.5 Å². The summed E-state index contributed by atoms with van der Waals surface area (Å²) in [5, 5.41) is 4.62. The molecule has 1 unspecified atom stereocenters. The Morgan fingerprint density at radius 1 is 1.38 bits per heavy atom. The van der Waals surface area contributed by atoms with Crippen LogP contribution in [0.25, 0.3) is 11.0 Å². The smallest absolute Gasteiger partial charge is 0.134 e. The van der Waals surface area contributed by atoms with Crippen molar-refractivity contribution < 1.29 is 4.42 Å². The summed E-state index contributed by atoms with van der Waals surface area (Å²) in [7, 11) is 0. The summed E-state index contributed by atoms with van der Waals surface area (Å²) >= 11 is 3.48. The number of hydrogen-bond acceptors (Lipinski definition) is 3. The second kappa shape index (κ2) is 6.45. The zero-order chi connectivity index (χ0) is 14.7. The van der Waals surface area contributed by atoms with Crippen LogP contribution in [-0.2, 0) is 6.42 Å². The van der Waals surface area contributed by atoms with Crippen molar-refractivity contribution in [1.29, 1.82) is 0 Å². The number of fused-ring (bicyclic) bond motifs is 1. The quantitative estimate of drug-likeness (QED) is 0.657. The molecule has 21 heavy (non-hydrogen) atoms. The van der Waals surface area contributed by atoms with Crippen LogP contribution in [-0.4, -0.2) is 16.5 Å². The molecule has 0 saturated carbocycles. The predicted octanol–water partition coefficient (Wildman–Crippen LogP) is 4.20. The molecule has 0 aliphatic carbocycles. The molecule has 5 heteroatoms. The normalized spacial score (nSPS) is 12.9. The van der Waals surface area contributed by atoms with E-state index in [0.717, 1.165) is 46.4 Å². The molecule has 2 N–H and O–H groups in total. The van der Waals surface area contributed by atoms with Crippen LogP contribution in [0, 0.1) is 0 Å². The summed E-state index contributed by atoms with van der Waals surface area (Å²) in [4.78, 5) is 7.34. The van der Waals surface area contributed by atoms with Gasteiger partial charge in [0.25, 0.3) is 0 Å². The highest BCUT2D eigenvalue weighted by Gasteiger charge is 2.11. The average Bonchev–Trinajstić information content (AvgIpc) is 3.11. The number of furan rings is 1. The SMILES string of the molecule is CC(NCCCc1ncc[nH]1)c1cc2cc(Br)ccc2o1. The third-order valence-electron chi connectivity index (χ3n) is 3.52. The van der Waals surface area contributed by atoms with Gasteiger partial charge in [-0.25, -0.2) is 4.98 Å². The van der Waals surface area contributed by atoms with Crippen LogP contribution in [0.2, 0.25) is 0 Å². The van der Waals surface area contributed by atoms with Crippen molar-refractivity contribution in [3.63, 3.8) is 0 Å². The molecule has 0 saturated heterocycles. The molecule has 0 bridgehead atoms. The van der Waals surface area contributed by atoms with Gasteiger partial charge in [0, 0.05) is 28.7 Å².